The van der Waals surface area contributed by atoms with Crippen LogP contribution < -0.4 is 10.1 Å². The molecule has 5 nitrogen and oxygen atoms in total. The van der Waals surface area contributed by atoms with E-state index in [1.807, 2.05) is 54.6 Å². The van der Waals surface area contributed by atoms with Gasteiger partial charge in [0.1, 0.15) is 5.75 Å². The van der Waals surface area contributed by atoms with Crippen LogP contribution in [0.4, 0.5) is 0 Å². The van der Waals surface area contributed by atoms with E-state index in [9.17, 15) is 9.59 Å². The molecule has 0 bridgehead atoms. The third kappa shape index (κ3) is 5.09. The van der Waals surface area contributed by atoms with Crippen LogP contribution in [-0.4, -0.2) is 43.5 Å². The van der Waals surface area contributed by atoms with E-state index in [0.717, 1.165) is 24.2 Å². The van der Waals surface area contributed by atoms with E-state index in [1.54, 1.807) is 12.0 Å². The van der Waals surface area contributed by atoms with Crippen LogP contribution in [-0.2, 0) is 22.4 Å². The predicted octanol–water partition coefficient (Wildman–Crippen LogP) is 2.45. The number of hydrogen-bond acceptors (Lipinski definition) is 3. The summed E-state index contributed by atoms with van der Waals surface area (Å²) < 4.78 is 5.36. The molecule has 3 rings (SSSR count). The zero-order valence-electron chi connectivity index (χ0n) is 15.7. The molecule has 1 heterocycles. The van der Waals surface area contributed by atoms with Crippen molar-refractivity contribution in [3.63, 3.8) is 0 Å². The van der Waals surface area contributed by atoms with Crippen LogP contribution in [0.5, 0.6) is 5.75 Å². The average molecular weight is 366 g/mol. The summed E-state index contributed by atoms with van der Waals surface area (Å²) in [4.78, 5) is 26.5. The fourth-order valence-electron chi connectivity index (χ4n) is 3.45. The Morgan fingerprint density at radius 2 is 1.85 bits per heavy atom. The van der Waals surface area contributed by atoms with Crippen molar-refractivity contribution >= 4 is 11.8 Å². The third-order valence-electron chi connectivity index (χ3n) is 4.98. The minimum absolute atomic E-state index is 0.0286. The van der Waals surface area contributed by atoms with Gasteiger partial charge < -0.3 is 15.0 Å². The molecule has 1 aliphatic heterocycles. The van der Waals surface area contributed by atoms with Gasteiger partial charge in [0.05, 0.1) is 13.0 Å². The first-order valence-corrected chi connectivity index (χ1v) is 9.38. The van der Waals surface area contributed by atoms with Crippen molar-refractivity contribution in [1.82, 2.24) is 10.2 Å². The van der Waals surface area contributed by atoms with Crippen molar-refractivity contribution in [3.8, 4) is 5.75 Å². The fraction of sp³-hybridized carbons (Fsp3) is 0.364. The second kappa shape index (κ2) is 9.21. The van der Waals surface area contributed by atoms with E-state index in [4.69, 9.17) is 4.74 Å². The number of amides is 2. The van der Waals surface area contributed by atoms with E-state index in [1.165, 1.54) is 5.56 Å². The van der Waals surface area contributed by atoms with E-state index in [0.29, 0.717) is 26.1 Å². The number of rotatable bonds is 8. The molecular weight excluding hydrogens is 340 g/mol. The zero-order chi connectivity index (χ0) is 19.1. The van der Waals surface area contributed by atoms with E-state index >= 15 is 0 Å². The molecule has 1 saturated heterocycles. The number of nitrogens with zero attached hydrogens (tertiary/aromatic N) is 1. The maximum Gasteiger partial charge on any atom is 0.225 e. The molecule has 1 fully saturated rings. The Hall–Kier alpha value is -2.82. The minimum atomic E-state index is -0.258. The highest BCUT2D eigenvalue weighted by molar-refractivity contribution is 5.89. The SMILES string of the molecule is COc1ccccc1CCN1CC(C(=O)NCCc2ccccc2)CC1=O. The summed E-state index contributed by atoms with van der Waals surface area (Å²) in [6.07, 6.45) is 1.81. The first-order chi connectivity index (χ1) is 13.2. The quantitative estimate of drug-likeness (QED) is 0.781. The first-order valence-electron chi connectivity index (χ1n) is 9.38. The summed E-state index contributed by atoms with van der Waals surface area (Å²) in [6.45, 7) is 1.69. The number of carbonyl (C=O) groups excluding carboxylic acids is 2. The molecule has 0 aromatic heterocycles. The molecule has 1 atom stereocenters. The van der Waals surface area contributed by atoms with Crippen LogP contribution in [0.3, 0.4) is 0 Å². The maximum absolute atomic E-state index is 12.4. The van der Waals surface area contributed by atoms with E-state index < -0.39 is 0 Å². The molecule has 2 amide bonds. The molecule has 2 aromatic rings. The van der Waals surface area contributed by atoms with Crippen molar-refractivity contribution in [2.24, 2.45) is 5.92 Å². The van der Waals surface area contributed by atoms with Crippen molar-refractivity contribution in [3.05, 3.63) is 65.7 Å². The number of hydrogen-bond donors (Lipinski definition) is 1. The molecule has 1 unspecified atom stereocenters. The summed E-state index contributed by atoms with van der Waals surface area (Å²) in [6, 6.07) is 17.9. The first kappa shape index (κ1) is 19.0. The molecule has 142 valence electrons. The minimum Gasteiger partial charge on any atom is -0.496 e. The van der Waals surface area contributed by atoms with Crippen molar-refractivity contribution < 1.29 is 14.3 Å². The van der Waals surface area contributed by atoms with Gasteiger partial charge in [-0.05, 0) is 30.0 Å². The van der Waals surface area contributed by atoms with Gasteiger partial charge in [-0.25, -0.2) is 0 Å². The Kier molecular flexibility index (Phi) is 6.47. The Bertz CT molecular complexity index is 776. The second-order valence-electron chi connectivity index (χ2n) is 6.83. The number of nitrogens with one attached hydrogen (secondary N) is 1. The fourth-order valence-corrected chi connectivity index (χ4v) is 3.45. The van der Waals surface area contributed by atoms with Crippen LogP contribution in [0.25, 0.3) is 0 Å². The number of carbonyl (C=O) groups is 2. The van der Waals surface area contributed by atoms with Gasteiger partial charge in [-0.1, -0.05) is 48.5 Å². The van der Waals surface area contributed by atoms with Gasteiger partial charge in [-0.2, -0.15) is 0 Å². The summed E-state index contributed by atoms with van der Waals surface area (Å²) in [5.74, 6) is 0.595. The topological polar surface area (TPSA) is 58.6 Å². The Morgan fingerprint density at radius 3 is 2.63 bits per heavy atom. The highest BCUT2D eigenvalue weighted by atomic mass is 16.5. The maximum atomic E-state index is 12.4. The third-order valence-corrected chi connectivity index (χ3v) is 4.98. The Morgan fingerprint density at radius 1 is 1.11 bits per heavy atom. The van der Waals surface area contributed by atoms with Gasteiger partial charge in [-0.3, -0.25) is 9.59 Å². The van der Waals surface area contributed by atoms with Crippen molar-refractivity contribution in [2.45, 2.75) is 19.3 Å². The highest BCUT2D eigenvalue weighted by Crippen LogP contribution is 2.21. The molecule has 0 aliphatic carbocycles. The lowest BCUT2D eigenvalue weighted by Crippen LogP contribution is -2.34. The summed E-state index contributed by atoms with van der Waals surface area (Å²) in [7, 11) is 1.65. The van der Waals surface area contributed by atoms with E-state index in [-0.39, 0.29) is 17.7 Å². The van der Waals surface area contributed by atoms with Crippen LogP contribution in [0.1, 0.15) is 17.5 Å². The number of benzene rings is 2. The lowest BCUT2D eigenvalue weighted by Gasteiger charge is -2.17. The smallest absolute Gasteiger partial charge is 0.225 e. The molecule has 1 N–H and O–H groups in total. The van der Waals surface area contributed by atoms with Gasteiger partial charge in [0.15, 0.2) is 0 Å². The lowest BCUT2D eigenvalue weighted by molar-refractivity contribution is -0.129. The Balaban J connectivity index is 1.46. The number of methoxy groups -OCH3 is 1. The summed E-state index contributed by atoms with van der Waals surface area (Å²) in [5.41, 5.74) is 2.27. The van der Waals surface area contributed by atoms with Crippen LogP contribution in [0.2, 0.25) is 0 Å². The van der Waals surface area contributed by atoms with Gasteiger partial charge in [-0.15, -0.1) is 0 Å². The molecule has 27 heavy (non-hydrogen) atoms. The molecule has 5 heteroatoms. The van der Waals surface area contributed by atoms with Gasteiger partial charge in [0.2, 0.25) is 11.8 Å². The molecule has 1 aliphatic rings. The predicted molar refractivity (Wildman–Crippen MR) is 105 cm³/mol. The Labute approximate surface area is 160 Å². The highest BCUT2D eigenvalue weighted by Gasteiger charge is 2.33. The van der Waals surface area contributed by atoms with Crippen LogP contribution in [0, 0.1) is 5.92 Å². The normalized spacial score (nSPS) is 16.4. The second-order valence-corrected chi connectivity index (χ2v) is 6.83. The standard InChI is InChI=1S/C22H26N2O3/c1-27-20-10-6-5-9-18(20)12-14-24-16-19(15-21(24)25)22(26)23-13-11-17-7-3-2-4-8-17/h2-10,19H,11-16H2,1H3,(H,23,26). The molecular formula is C22H26N2O3. The zero-order valence-corrected chi connectivity index (χ0v) is 15.7. The largest absolute Gasteiger partial charge is 0.496 e. The molecule has 0 saturated carbocycles. The van der Waals surface area contributed by atoms with Crippen molar-refractivity contribution in [2.75, 3.05) is 26.7 Å². The van der Waals surface area contributed by atoms with E-state index in [2.05, 4.69) is 5.32 Å². The van der Waals surface area contributed by atoms with Gasteiger partial charge >= 0.3 is 0 Å². The average Bonchev–Trinajstić information content (AvgIpc) is 3.08. The van der Waals surface area contributed by atoms with Gasteiger partial charge in [0.25, 0.3) is 0 Å². The monoisotopic (exact) mass is 366 g/mol. The van der Waals surface area contributed by atoms with Crippen molar-refractivity contribution in [1.29, 1.82) is 0 Å². The number of likely N-dealkylation sites (tertiary alicyclic amines) is 1. The number of ether oxygens (including phenoxy) is 1. The lowest BCUT2D eigenvalue weighted by atomic mass is 10.1. The number of para-hydroxylation sites is 1. The molecule has 0 spiro atoms. The molecule has 2 aromatic carbocycles. The summed E-state index contributed by atoms with van der Waals surface area (Å²) >= 11 is 0. The molecule has 0 radical (unpaired) electrons. The summed E-state index contributed by atoms with van der Waals surface area (Å²) in [5, 5.41) is 2.97. The van der Waals surface area contributed by atoms with Gasteiger partial charge in [0, 0.05) is 26.1 Å². The van der Waals surface area contributed by atoms with Crippen LogP contribution in [0.15, 0.2) is 54.6 Å². The van der Waals surface area contributed by atoms with Crippen LogP contribution >= 0.6 is 0 Å².